The summed E-state index contributed by atoms with van der Waals surface area (Å²) in [6.07, 6.45) is 4.67. The van der Waals surface area contributed by atoms with Gasteiger partial charge in [0.05, 0.1) is 6.04 Å². The number of aromatic hydroxyl groups is 1. The van der Waals surface area contributed by atoms with Gasteiger partial charge in [0.2, 0.25) is 0 Å². The highest BCUT2D eigenvalue weighted by Crippen LogP contribution is 2.31. The second-order valence-electron chi connectivity index (χ2n) is 8.22. The van der Waals surface area contributed by atoms with Gasteiger partial charge in [-0.25, -0.2) is 0 Å². The summed E-state index contributed by atoms with van der Waals surface area (Å²) in [6.45, 7) is 8.67. The Morgan fingerprint density at radius 3 is 2.00 bits per heavy atom. The van der Waals surface area contributed by atoms with E-state index >= 15 is 0 Å². The van der Waals surface area contributed by atoms with E-state index in [1.165, 1.54) is 27.8 Å². The number of nitrogens with one attached hydrogen (secondary N) is 1. The van der Waals surface area contributed by atoms with E-state index in [9.17, 15) is 5.11 Å². The van der Waals surface area contributed by atoms with E-state index in [-0.39, 0.29) is 6.04 Å². The summed E-state index contributed by atoms with van der Waals surface area (Å²) >= 11 is 0. The van der Waals surface area contributed by atoms with Crippen LogP contribution in [-0.4, -0.2) is 5.11 Å². The molecule has 0 aliphatic heterocycles. The van der Waals surface area contributed by atoms with Gasteiger partial charge < -0.3 is 16.2 Å². The maximum absolute atomic E-state index is 10.3. The minimum absolute atomic E-state index is 0.0775. The third kappa shape index (κ3) is 5.22. The quantitative estimate of drug-likeness (QED) is 0.336. The molecule has 0 bridgehead atoms. The first kappa shape index (κ1) is 22.7. The van der Waals surface area contributed by atoms with Gasteiger partial charge in [-0.15, -0.1) is 0 Å². The molecule has 0 saturated carbocycles. The highest BCUT2D eigenvalue weighted by Gasteiger charge is 2.15. The SMILES string of the molecule is CCc1cc(Cc2cc(CC)c(N)c(CC)c2)ccc1NC(CC)c1ccccc1O. The number of nitrogen functional groups attached to an aromatic ring is 1. The molecule has 31 heavy (non-hydrogen) atoms. The molecule has 3 aromatic rings. The van der Waals surface area contributed by atoms with Crippen LogP contribution in [-0.2, 0) is 25.7 Å². The van der Waals surface area contributed by atoms with E-state index in [1.54, 1.807) is 6.07 Å². The molecule has 0 fully saturated rings. The van der Waals surface area contributed by atoms with E-state index in [0.29, 0.717) is 5.75 Å². The molecule has 0 amide bonds. The van der Waals surface area contributed by atoms with Crippen LogP contribution in [0.25, 0.3) is 0 Å². The fourth-order valence-electron chi connectivity index (χ4n) is 4.33. The van der Waals surface area contributed by atoms with Gasteiger partial charge >= 0.3 is 0 Å². The van der Waals surface area contributed by atoms with Crippen LogP contribution < -0.4 is 11.1 Å². The van der Waals surface area contributed by atoms with Crippen LogP contribution in [0.5, 0.6) is 5.75 Å². The first-order valence-electron chi connectivity index (χ1n) is 11.6. The van der Waals surface area contributed by atoms with Gasteiger partial charge in [-0.2, -0.15) is 0 Å². The fraction of sp³-hybridized carbons (Fsp3) is 0.357. The van der Waals surface area contributed by atoms with Gasteiger partial charge in [0, 0.05) is 16.9 Å². The lowest BCUT2D eigenvalue weighted by Gasteiger charge is -2.22. The van der Waals surface area contributed by atoms with E-state index in [2.05, 4.69) is 63.3 Å². The molecule has 3 aromatic carbocycles. The molecule has 3 nitrogen and oxygen atoms in total. The van der Waals surface area contributed by atoms with Crippen LogP contribution >= 0.6 is 0 Å². The normalized spacial score (nSPS) is 12.0. The Morgan fingerprint density at radius 1 is 0.806 bits per heavy atom. The van der Waals surface area contributed by atoms with Gasteiger partial charge in [0.25, 0.3) is 0 Å². The number of aryl methyl sites for hydroxylation is 3. The molecule has 0 heterocycles. The van der Waals surface area contributed by atoms with Crippen molar-refractivity contribution in [3.63, 3.8) is 0 Å². The predicted octanol–water partition coefficient (Wildman–Crippen LogP) is 6.82. The van der Waals surface area contributed by atoms with Crippen molar-refractivity contribution < 1.29 is 5.11 Å². The second kappa shape index (κ2) is 10.4. The van der Waals surface area contributed by atoms with E-state index in [0.717, 1.165) is 49.0 Å². The summed E-state index contributed by atoms with van der Waals surface area (Å²) in [5.41, 5.74) is 15.8. The second-order valence-corrected chi connectivity index (χ2v) is 8.22. The zero-order valence-electron chi connectivity index (χ0n) is 19.3. The largest absolute Gasteiger partial charge is 0.508 e. The van der Waals surface area contributed by atoms with Crippen LogP contribution in [0.15, 0.2) is 54.6 Å². The minimum Gasteiger partial charge on any atom is -0.508 e. The van der Waals surface area contributed by atoms with E-state index in [1.807, 2.05) is 18.2 Å². The van der Waals surface area contributed by atoms with Crippen LogP contribution in [0.2, 0.25) is 0 Å². The zero-order valence-corrected chi connectivity index (χ0v) is 19.3. The number of hydrogen-bond acceptors (Lipinski definition) is 3. The highest BCUT2D eigenvalue weighted by molar-refractivity contribution is 5.58. The molecule has 0 saturated heterocycles. The summed E-state index contributed by atoms with van der Waals surface area (Å²) in [7, 11) is 0. The number of hydrogen-bond donors (Lipinski definition) is 3. The Balaban J connectivity index is 1.86. The molecule has 0 aliphatic carbocycles. The summed E-state index contributed by atoms with van der Waals surface area (Å²) < 4.78 is 0. The number of para-hydroxylation sites is 1. The summed E-state index contributed by atoms with van der Waals surface area (Å²) in [6, 6.07) is 18.9. The Bertz CT molecular complexity index is 1000. The molecule has 3 heteroatoms. The first-order chi connectivity index (χ1) is 15.0. The average molecular weight is 417 g/mol. The predicted molar refractivity (Wildman–Crippen MR) is 133 cm³/mol. The molecule has 0 spiro atoms. The van der Waals surface area contributed by atoms with Crippen molar-refractivity contribution in [3.8, 4) is 5.75 Å². The van der Waals surface area contributed by atoms with Crippen molar-refractivity contribution in [2.24, 2.45) is 0 Å². The topological polar surface area (TPSA) is 58.3 Å². The van der Waals surface area contributed by atoms with Crippen molar-refractivity contribution in [1.29, 1.82) is 0 Å². The molecule has 0 aromatic heterocycles. The fourth-order valence-corrected chi connectivity index (χ4v) is 4.33. The molecular weight excluding hydrogens is 380 g/mol. The number of phenols is 1. The highest BCUT2D eigenvalue weighted by atomic mass is 16.3. The number of benzene rings is 3. The Morgan fingerprint density at radius 2 is 1.42 bits per heavy atom. The molecule has 3 rings (SSSR count). The summed E-state index contributed by atoms with van der Waals surface area (Å²) in [4.78, 5) is 0. The lowest BCUT2D eigenvalue weighted by Crippen LogP contribution is -2.11. The Kier molecular flexibility index (Phi) is 7.62. The molecule has 1 unspecified atom stereocenters. The summed E-state index contributed by atoms with van der Waals surface area (Å²) in [5, 5.41) is 13.9. The number of rotatable bonds is 9. The van der Waals surface area contributed by atoms with Gasteiger partial charge in [0.15, 0.2) is 0 Å². The van der Waals surface area contributed by atoms with Gasteiger partial charge in [-0.1, -0.05) is 70.2 Å². The summed E-state index contributed by atoms with van der Waals surface area (Å²) in [5.74, 6) is 0.346. The molecule has 0 radical (unpaired) electrons. The third-order valence-corrected chi connectivity index (χ3v) is 6.18. The van der Waals surface area contributed by atoms with Gasteiger partial charge in [-0.05, 0) is 72.1 Å². The lowest BCUT2D eigenvalue weighted by molar-refractivity contribution is 0.462. The van der Waals surface area contributed by atoms with Gasteiger partial charge in [0.1, 0.15) is 5.75 Å². The molecule has 1 atom stereocenters. The molecule has 0 aliphatic rings. The zero-order chi connectivity index (χ0) is 22.4. The van der Waals surface area contributed by atoms with Crippen molar-refractivity contribution in [1.82, 2.24) is 0 Å². The maximum atomic E-state index is 10.3. The molecule has 164 valence electrons. The van der Waals surface area contributed by atoms with Crippen molar-refractivity contribution in [2.75, 3.05) is 11.1 Å². The number of phenolic OH excluding ortho intramolecular Hbond substituents is 1. The Labute approximate surface area is 187 Å². The maximum Gasteiger partial charge on any atom is 0.120 e. The smallest absolute Gasteiger partial charge is 0.120 e. The average Bonchev–Trinajstić information content (AvgIpc) is 2.79. The van der Waals surface area contributed by atoms with Gasteiger partial charge in [-0.3, -0.25) is 0 Å². The number of anilines is 2. The third-order valence-electron chi connectivity index (χ3n) is 6.18. The molecular formula is C28H36N2O. The van der Waals surface area contributed by atoms with Crippen molar-refractivity contribution in [3.05, 3.63) is 88.0 Å². The van der Waals surface area contributed by atoms with Crippen LogP contribution in [0.1, 0.15) is 73.5 Å². The first-order valence-corrected chi connectivity index (χ1v) is 11.6. The van der Waals surface area contributed by atoms with Crippen molar-refractivity contribution >= 4 is 11.4 Å². The van der Waals surface area contributed by atoms with Crippen LogP contribution in [0.3, 0.4) is 0 Å². The lowest BCUT2D eigenvalue weighted by atomic mass is 9.94. The standard InChI is InChI=1S/C28H36N2O/c1-5-21-16-19(15-20-17-22(6-2)28(29)23(7-3)18-20)13-14-26(21)30-25(8-4)24-11-9-10-12-27(24)31/h9-14,16-18,25,30-31H,5-8,15,29H2,1-4H3. The molecule has 4 N–H and O–H groups in total. The minimum atomic E-state index is 0.0775. The van der Waals surface area contributed by atoms with Crippen LogP contribution in [0, 0.1) is 0 Å². The monoisotopic (exact) mass is 416 g/mol. The van der Waals surface area contributed by atoms with E-state index in [4.69, 9.17) is 5.73 Å². The van der Waals surface area contributed by atoms with Crippen molar-refractivity contribution in [2.45, 2.75) is 65.8 Å². The number of nitrogens with two attached hydrogens (primary N) is 1. The van der Waals surface area contributed by atoms with Crippen LogP contribution in [0.4, 0.5) is 11.4 Å². The van der Waals surface area contributed by atoms with E-state index < -0.39 is 0 Å². The Hall–Kier alpha value is -2.94.